The normalized spacial score (nSPS) is 10.5. The van der Waals surface area contributed by atoms with Gasteiger partial charge >= 0.3 is 12.1 Å². The first-order chi connectivity index (χ1) is 19.5. The maximum Gasteiger partial charge on any atom is 0.490 e. The number of aromatic nitrogens is 3. The molecule has 210 valence electrons. The van der Waals surface area contributed by atoms with Gasteiger partial charge in [0.05, 0.1) is 24.1 Å². The maximum atomic E-state index is 11.4. The molecule has 4 rings (SSSR count). The number of rotatable bonds is 8. The van der Waals surface area contributed by atoms with Gasteiger partial charge in [0.1, 0.15) is 40.1 Å². The number of furan rings is 1. The third-order valence-corrected chi connectivity index (χ3v) is 6.02. The van der Waals surface area contributed by atoms with Gasteiger partial charge in [-0.05, 0) is 29.8 Å². The van der Waals surface area contributed by atoms with Crippen molar-refractivity contribution >= 4 is 35.1 Å². The van der Waals surface area contributed by atoms with Crippen molar-refractivity contribution in [3.63, 3.8) is 0 Å². The number of carbonyl (C=O) groups excluding carboxylic acids is 1. The van der Waals surface area contributed by atoms with E-state index in [-0.39, 0.29) is 11.5 Å². The number of carboxylic acid groups (broad SMARTS) is 1. The molecule has 1 aromatic carbocycles. The number of amides is 1. The zero-order valence-corrected chi connectivity index (χ0v) is 21.9. The molecule has 0 aliphatic heterocycles. The molecule has 0 bridgehead atoms. The molecule has 0 radical (unpaired) electrons. The van der Waals surface area contributed by atoms with Gasteiger partial charge in [0.25, 0.3) is 0 Å². The van der Waals surface area contributed by atoms with E-state index in [2.05, 4.69) is 37.7 Å². The van der Waals surface area contributed by atoms with Gasteiger partial charge in [-0.25, -0.2) is 14.8 Å². The van der Waals surface area contributed by atoms with Crippen molar-refractivity contribution in [2.24, 2.45) is 0 Å². The fourth-order valence-electron chi connectivity index (χ4n) is 3.32. The standard InChI is InChI=1S/C24H19N7O2S.C2HF3O2/c1-15(32)30-17-6-4-16(5-7-17)22-19(11-25)23(29-13-18-3-2-10-33-18)31-24(20(22)12-26)34-14-21-27-8-9-28-21;3-2(4,5)1(6)7/h2-10H,13-14H2,1H3,(H,27,28)(H,29,31)(H,30,32);(H,6,7). The number of nitrogens with zero attached hydrogens (tertiary/aromatic N) is 4. The molecule has 0 saturated carbocycles. The summed E-state index contributed by atoms with van der Waals surface area (Å²) in [4.78, 5) is 32.1. The fraction of sp³-hybridized carbons (Fsp3) is 0.154. The van der Waals surface area contributed by atoms with E-state index >= 15 is 0 Å². The Balaban J connectivity index is 0.000000587. The Kier molecular flexibility index (Phi) is 10.1. The predicted octanol–water partition coefficient (Wildman–Crippen LogP) is 5.30. The molecule has 0 spiro atoms. The minimum Gasteiger partial charge on any atom is -0.475 e. The number of alkyl halides is 3. The second-order valence-corrected chi connectivity index (χ2v) is 8.90. The van der Waals surface area contributed by atoms with Crippen LogP contribution >= 0.6 is 11.8 Å². The predicted molar refractivity (Wildman–Crippen MR) is 141 cm³/mol. The molecule has 41 heavy (non-hydrogen) atoms. The molecule has 15 heteroatoms. The van der Waals surface area contributed by atoms with E-state index in [0.29, 0.717) is 51.3 Å². The minimum absolute atomic E-state index is 0.187. The summed E-state index contributed by atoms with van der Waals surface area (Å²) in [5, 5.41) is 33.6. The zero-order chi connectivity index (χ0) is 30.0. The molecule has 0 atom stereocenters. The summed E-state index contributed by atoms with van der Waals surface area (Å²) in [5.41, 5.74) is 2.29. The number of halogens is 3. The third-order valence-electron chi connectivity index (χ3n) is 5.03. The van der Waals surface area contributed by atoms with Crippen LogP contribution in [0.5, 0.6) is 0 Å². The number of carboxylic acids is 1. The molecule has 0 aliphatic carbocycles. The molecule has 0 fully saturated rings. The van der Waals surface area contributed by atoms with Crippen molar-refractivity contribution in [1.29, 1.82) is 10.5 Å². The van der Waals surface area contributed by atoms with Crippen LogP contribution in [0.3, 0.4) is 0 Å². The van der Waals surface area contributed by atoms with E-state index in [0.717, 1.165) is 5.82 Å². The van der Waals surface area contributed by atoms with Gasteiger partial charge in [-0.15, -0.1) is 0 Å². The van der Waals surface area contributed by atoms with Crippen LogP contribution in [0.4, 0.5) is 24.7 Å². The summed E-state index contributed by atoms with van der Waals surface area (Å²) in [6.07, 6.45) is -0.126. The molecule has 0 unspecified atom stereocenters. The van der Waals surface area contributed by atoms with Crippen molar-refractivity contribution in [3.05, 3.63) is 77.8 Å². The second-order valence-electron chi connectivity index (χ2n) is 7.93. The molecule has 3 heterocycles. The van der Waals surface area contributed by atoms with Crippen molar-refractivity contribution in [1.82, 2.24) is 15.0 Å². The Morgan fingerprint density at radius 3 is 2.34 bits per heavy atom. The number of H-pyrrole nitrogens is 1. The zero-order valence-electron chi connectivity index (χ0n) is 21.1. The number of aliphatic carboxylic acids is 1. The number of anilines is 2. The van der Waals surface area contributed by atoms with Crippen LogP contribution in [0.15, 0.2) is 64.5 Å². The largest absolute Gasteiger partial charge is 0.490 e. The SMILES string of the molecule is CC(=O)Nc1ccc(-c2c(C#N)c(NCc3ccco3)nc(SCc3ncc[nH]3)c2C#N)cc1.O=C(O)C(F)(F)F. The summed E-state index contributed by atoms with van der Waals surface area (Å²) < 4.78 is 37.1. The smallest absolute Gasteiger partial charge is 0.475 e. The Bertz CT molecular complexity index is 1500. The molecule has 4 N–H and O–H groups in total. The fourth-order valence-corrected chi connectivity index (χ4v) is 4.20. The molecule has 0 saturated heterocycles. The lowest BCUT2D eigenvalue weighted by Gasteiger charge is -2.16. The molecule has 1 amide bonds. The van der Waals surface area contributed by atoms with Gasteiger partial charge in [0.15, 0.2) is 0 Å². The Morgan fingerprint density at radius 1 is 1.15 bits per heavy atom. The minimum atomic E-state index is -5.08. The number of benzene rings is 1. The quantitative estimate of drug-likeness (QED) is 0.199. The lowest BCUT2D eigenvalue weighted by atomic mass is 9.96. The van der Waals surface area contributed by atoms with E-state index in [9.17, 15) is 28.5 Å². The van der Waals surface area contributed by atoms with Crippen molar-refractivity contribution in [2.45, 2.75) is 30.4 Å². The average Bonchev–Trinajstić information content (AvgIpc) is 3.65. The van der Waals surface area contributed by atoms with Crippen molar-refractivity contribution < 1.29 is 32.3 Å². The Morgan fingerprint density at radius 2 is 1.83 bits per heavy atom. The number of hydrogen-bond acceptors (Lipinski definition) is 9. The lowest BCUT2D eigenvalue weighted by Crippen LogP contribution is -2.21. The number of thioether (sulfide) groups is 1. The number of carbonyl (C=O) groups is 2. The molecule has 11 nitrogen and oxygen atoms in total. The van der Waals surface area contributed by atoms with Gasteiger partial charge in [-0.2, -0.15) is 23.7 Å². The number of pyridine rings is 1. The monoisotopic (exact) mass is 583 g/mol. The molecular weight excluding hydrogens is 563 g/mol. The van der Waals surface area contributed by atoms with E-state index in [4.69, 9.17) is 14.3 Å². The highest BCUT2D eigenvalue weighted by atomic mass is 32.2. The van der Waals surface area contributed by atoms with Crippen LogP contribution in [0.1, 0.15) is 29.6 Å². The highest BCUT2D eigenvalue weighted by molar-refractivity contribution is 7.98. The first-order valence-corrected chi connectivity index (χ1v) is 12.5. The van der Waals surface area contributed by atoms with Gasteiger partial charge < -0.3 is 25.1 Å². The van der Waals surface area contributed by atoms with E-state index in [1.165, 1.54) is 18.7 Å². The van der Waals surface area contributed by atoms with Crippen LogP contribution in [0.25, 0.3) is 11.1 Å². The summed E-state index contributed by atoms with van der Waals surface area (Å²) in [6.45, 7) is 1.75. The van der Waals surface area contributed by atoms with Crippen molar-refractivity contribution in [3.8, 4) is 23.3 Å². The number of nitrogens with one attached hydrogen (secondary N) is 3. The van der Waals surface area contributed by atoms with Crippen LogP contribution in [-0.2, 0) is 21.9 Å². The van der Waals surface area contributed by atoms with Crippen LogP contribution in [0.2, 0.25) is 0 Å². The first-order valence-electron chi connectivity index (χ1n) is 11.5. The summed E-state index contributed by atoms with van der Waals surface area (Å²) in [6, 6.07) is 15.0. The molecule has 4 aromatic rings. The lowest BCUT2D eigenvalue weighted by molar-refractivity contribution is -0.192. The number of aromatic amines is 1. The molecule has 3 aromatic heterocycles. The Hall–Kier alpha value is -5.28. The highest BCUT2D eigenvalue weighted by Gasteiger charge is 2.38. The van der Waals surface area contributed by atoms with E-state index in [1.807, 2.05) is 6.07 Å². The van der Waals surface area contributed by atoms with Crippen LogP contribution < -0.4 is 10.6 Å². The van der Waals surface area contributed by atoms with Crippen molar-refractivity contribution in [2.75, 3.05) is 10.6 Å². The first kappa shape index (κ1) is 30.3. The summed E-state index contributed by atoms with van der Waals surface area (Å²) in [7, 11) is 0. The highest BCUT2D eigenvalue weighted by Crippen LogP contribution is 2.37. The van der Waals surface area contributed by atoms with Crippen LogP contribution in [0, 0.1) is 22.7 Å². The molecular formula is C26H20F3N7O4S. The number of hydrogen-bond donors (Lipinski definition) is 4. The Labute approximate surface area is 235 Å². The summed E-state index contributed by atoms with van der Waals surface area (Å²) in [5.74, 6) is -0.701. The summed E-state index contributed by atoms with van der Waals surface area (Å²) >= 11 is 1.35. The van der Waals surface area contributed by atoms with E-state index in [1.54, 1.807) is 49.0 Å². The number of imidazole rings is 1. The van der Waals surface area contributed by atoms with Crippen LogP contribution in [-0.4, -0.2) is 38.1 Å². The van der Waals surface area contributed by atoms with E-state index < -0.39 is 12.1 Å². The van der Waals surface area contributed by atoms with Gasteiger partial charge in [0, 0.05) is 30.6 Å². The van der Waals surface area contributed by atoms with Gasteiger partial charge in [-0.3, -0.25) is 4.79 Å². The molecule has 0 aliphatic rings. The third kappa shape index (κ3) is 8.35. The second kappa shape index (κ2) is 13.7. The maximum absolute atomic E-state index is 11.4. The van der Waals surface area contributed by atoms with Gasteiger partial charge in [0.2, 0.25) is 5.91 Å². The number of nitriles is 2. The van der Waals surface area contributed by atoms with Gasteiger partial charge in [-0.1, -0.05) is 23.9 Å². The topological polar surface area (TPSA) is 181 Å². The average molecular weight is 584 g/mol.